The number of ether oxygens (including phenoxy) is 1. The van der Waals surface area contributed by atoms with Crippen molar-refractivity contribution in [1.29, 1.82) is 10.7 Å². The molecule has 1 aliphatic rings. The van der Waals surface area contributed by atoms with Crippen molar-refractivity contribution >= 4 is 34.9 Å². The van der Waals surface area contributed by atoms with Crippen molar-refractivity contribution in [2.75, 3.05) is 42.8 Å². The Kier molecular flexibility index (Phi) is 6.71. The van der Waals surface area contributed by atoms with Crippen molar-refractivity contribution in [2.24, 2.45) is 0 Å². The Hall–Kier alpha value is -3.65. The molecule has 31 heavy (non-hydrogen) atoms. The van der Waals surface area contributed by atoms with E-state index in [-0.39, 0.29) is 18.3 Å². The highest BCUT2D eigenvalue weighted by Gasteiger charge is 2.35. The topological polar surface area (TPSA) is 119 Å². The molecule has 4 N–H and O–H groups in total. The van der Waals surface area contributed by atoms with E-state index >= 15 is 0 Å². The summed E-state index contributed by atoms with van der Waals surface area (Å²) in [6, 6.07) is 5.52. The van der Waals surface area contributed by atoms with E-state index < -0.39 is 11.7 Å². The highest BCUT2D eigenvalue weighted by Crippen LogP contribution is 2.36. The summed E-state index contributed by atoms with van der Waals surface area (Å²) in [5.41, 5.74) is 2.27. The van der Waals surface area contributed by atoms with Crippen molar-refractivity contribution in [3.05, 3.63) is 41.1 Å². The molecule has 0 unspecified atom stereocenters. The Morgan fingerprint density at radius 3 is 2.77 bits per heavy atom. The first-order chi connectivity index (χ1) is 14.9. The zero-order chi connectivity index (χ0) is 22.4. The molecule has 0 radical (unpaired) electrons. The van der Waals surface area contributed by atoms with E-state index in [1.54, 1.807) is 6.07 Å². The fourth-order valence-electron chi connectivity index (χ4n) is 3.20. The van der Waals surface area contributed by atoms with Gasteiger partial charge in [0.1, 0.15) is 17.9 Å². The lowest BCUT2D eigenvalue weighted by atomic mass is 9.95. The molecule has 11 heteroatoms. The van der Waals surface area contributed by atoms with Crippen molar-refractivity contribution in [3.8, 4) is 6.07 Å². The molecular weight excluding hydrogens is 411 g/mol. The molecular formula is C20H20F3N7O. The van der Waals surface area contributed by atoms with Gasteiger partial charge >= 0.3 is 6.18 Å². The maximum Gasteiger partial charge on any atom is 0.421 e. The Balaban J connectivity index is 2.03. The first-order valence-electron chi connectivity index (χ1n) is 9.33. The highest BCUT2D eigenvalue weighted by atomic mass is 19.4. The predicted octanol–water partition coefficient (Wildman–Crippen LogP) is 4.02. The summed E-state index contributed by atoms with van der Waals surface area (Å²) < 4.78 is 44.6. The molecule has 1 aliphatic heterocycles. The molecule has 0 aliphatic carbocycles. The van der Waals surface area contributed by atoms with Crippen LogP contribution < -0.4 is 16.0 Å². The van der Waals surface area contributed by atoms with Crippen LogP contribution in [0.2, 0.25) is 0 Å². The minimum atomic E-state index is -4.59. The number of halogens is 3. The van der Waals surface area contributed by atoms with Gasteiger partial charge in [-0.15, -0.1) is 0 Å². The molecule has 0 atom stereocenters. The fraction of sp³-hybridized carbons (Fsp3) is 0.300. The zero-order valence-electron chi connectivity index (χ0n) is 16.6. The molecule has 3 rings (SSSR count). The standard InChI is InChI=1S/C20H20F3N7O/c1-26-18-15(20(21,22)23)11-28-19(30-18)29-16-3-2-13(12-4-8-31-9-5-12)17(14(16)10-25)27-7-6-24/h2-4,10-11,25,27H,5,7-9H2,1H3,(H2,26,28,29,30). The average Bonchev–Trinajstić information content (AvgIpc) is 2.77. The second kappa shape index (κ2) is 9.44. The molecule has 2 heterocycles. The second-order valence-electron chi connectivity index (χ2n) is 6.49. The van der Waals surface area contributed by atoms with Gasteiger partial charge < -0.3 is 26.1 Å². The number of benzene rings is 1. The largest absolute Gasteiger partial charge is 0.421 e. The predicted molar refractivity (Wildman–Crippen MR) is 112 cm³/mol. The lowest BCUT2D eigenvalue weighted by Gasteiger charge is -2.21. The molecule has 1 aromatic carbocycles. The molecule has 0 fully saturated rings. The number of rotatable bonds is 7. The number of anilines is 4. The van der Waals surface area contributed by atoms with Crippen LogP contribution in [0.1, 0.15) is 23.1 Å². The summed E-state index contributed by atoms with van der Waals surface area (Å²) in [5, 5.41) is 25.2. The van der Waals surface area contributed by atoms with Crippen molar-refractivity contribution < 1.29 is 17.9 Å². The van der Waals surface area contributed by atoms with Crippen LogP contribution in [-0.2, 0) is 10.9 Å². The molecule has 162 valence electrons. The molecule has 0 amide bonds. The van der Waals surface area contributed by atoms with E-state index in [9.17, 15) is 13.2 Å². The van der Waals surface area contributed by atoms with Crippen LogP contribution in [0, 0.1) is 16.7 Å². The minimum absolute atomic E-state index is 0.0156. The van der Waals surface area contributed by atoms with Crippen LogP contribution >= 0.6 is 0 Å². The lowest BCUT2D eigenvalue weighted by molar-refractivity contribution is -0.137. The lowest BCUT2D eigenvalue weighted by Crippen LogP contribution is -2.13. The summed E-state index contributed by atoms with van der Waals surface area (Å²) in [7, 11) is 1.34. The number of nitrogens with zero attached hydrogens (tertiary/aromatic N) is 3. The van der Waals surface area contributed by atoms with Crippen LogP contribution in [0.5, 0.6) is 0 Å². The van der Waals surface area contributed by atoms with Crippen LogP contribution in [0.15, 0.2) is 24.4 Å². The van der Waals surface area contributed by atoms with Gasteiger partial charge in [0, 0.05) is 30.6 Å². The number of hydrogen-bond acceptors (Lipinski definition) is 8. The van der Waals surface area contributed by atoms with Crippen LogP contribution in [0.25, 0.3) is 5.57 Å². The monoisotopic (exact) mass is 431 g/mol. The molecule has 0 spiro atoms. The van der Waals surface area contributed by atoms with Gasteiger partial charge in [0.25, 0.3) is 0 Å². The third-order valence-electron chi connectivity index (χ3n) is 4.62. The normalized spacial score (nSPS) is 13.7. The van der Waals surface area contributed by atoms with Crippen molar-refractivity contribution in [1.82, 2.24) is 9.97 Å². The smallest absolute Gasteiger partial charge is 0.377 e. The molecule has 2 aromatic rings. The number of nitrogens with one attached hydrogen (secondary N) is 4. The highest BCUT2D eigenvalue weighted by molar-refractivity contribution is 5.98. The number of nitriles is 1. The fourth-order valence-corrected chi connectivity index (χ4v) is 3.20. The van der Waals surface area contributed by atoms with Crippen molar-refractivity contribution in [3.63, 3.8) is 0 Å². The van der Waals surface area contributed by atoms with E-state index in [0.717, 1.165) is 17.4 Å². The van der Waals surface area contributed by atoms with Gasteiger partial charge in [-0.1, -0.05) is 12.1 Å². The first-order valence-corrected chi connectivity index (χ1v) is 9.33. The summed E-state index contributed by atoms with van der Waals surface area (Å²) in [4.78, 5) is 7.67. The third kappa shape index (κ3) is 4.92. The van der Waals surface area contributed by atoms with E-state index in [4.69, 9.17) is 15.4 Å². The average molecular weight is 431 g/mol. The van der Waals surface area contributed by atoms with E-state index in [0.29, 0.717) is 42.8 Å². The van der Waals surface area contributed by atoms with Crippen LogP contribution in [-0.4, -0.2) is 43.0 Å². The maximum absolute atomic E-state index is 13.1. The van der Waals surface area contributed by atoms with Gasteiger partial charge in [-0.3, -0.25) is 0 Å². The van der Waals surface area contributed by atoms with Crippen LogP contribution in [0.4, 0.5) is 36.3 Å². The van der Waals surface area contributed by atoms with Crippen LogP contribution in [0.3, 0.4) is 0 Å². The Morgan fingerprint density at radius 1 is 1.35 bits per heavy atom. The van der Waals surface area contributed by atoms with Gasteiger partial charge in [0.15, 0.2) is 0 Å². The number of aromatic nitrogens is 2. The van der Waals surface area contributed by atoms with E-state index in [2.05, 4.69) is 25.9 Å². The summed E-state index contributed by atoms with van der Waals surface area (Å²) >= 11 is 0. The summed E-state index contributed by atoms with van der Waals surface area (Å²) in [6.07, 6.45) is -0.172. The molecule has 0 bridgehead atoms. The third-order valence-corrected chi connectivity index (χ3v) is 4.62. The Morgan fingerprint density at radius 2 is 2.16 bits per heavy atom. The molecule has 8 nitrogen and oxygen atoms in total. The second-order valence-corrected chi connectivity index (χ2v) is 6.49. The first kappa shape index (κ1) is 22.0. The quantitative estimate of drug-likeness (QED) is 0.386. The van der Waals surface area contributed by atoms with Gasteiger partial charge in [-0.2, -0.15) is 23.4 Å². The summed E-state index contributed by atoms with van der Waals surface area (Å²) in [6.45, 7) is 1.05. The zero-order valence-corrected chi connectivity index (χ0v) is 16.6. The minimum Gasteiger partial charge on any atom is -0.377 e. The Labute approximate surface area is 176 Å². The van der Waals surface area contributed by atoms with Gasteiger partial charge in [-0.05, 0) is 18.1 Å². The molecule has 0 saturated heterocycles. The maximum atomic E-state index is 13.1. The Bertz CT molecular complexity index is 1040. The van der Waals surface area contributed by atoms with E-state index in [1.165, 1.54) is 7.05 Å². The van der Waals surface area contributed by atoms with Gasteiger partial charge in [0.05, 0.1) is 30.7 Å². The van der Waals surface area contributed by atoms with E-state index in [1.807, 2.05) is 18.2 Å². The van der Waals surface area contributed by atoms with Gasteiger partial charge in [0.2, 0.25) is 5.95 Å². The SMILES string of the molecule is CNc1nc(Nc2ccc(C3=CCOCC3)c(NCC#N)c2C=N)ncc1C(F)(F)F. The molecule has 1 aromatic heterocycles. The van der Waals surface area contributed by atoms with Gasteiger partial charge in [-0.25, -0.2) is 4.98 Å². The molecule has 0 saturated carbocycles. The van der Waals surface area contributed by atoms with Crippen molar-refractivity contribution in [2.45, 2.75) is 12.6 Å². The summed E-state index contributed by atoms with van der Waals surface area (Å²) in [5.74, 6) is -0.432. The number of hydrogen-bond donors (Lipinski definition) is 4. The number of alkyl halides is 3.